The first-order chi connectivity index (χ1) is 19.7. The Morgan fingerprint density at radius 2 is 1.73 bits per heavy atom. The predicted octanol–water partition coefficient (Wildman–Crippen LogP) is 6.21. The quantitative estimate of drug-likeness (QED) is 0.250. The van der Waals surface area contributed by atoms with Gasteiger partial charge in [0.25, 0.3) is 0 Å². The van der Waals surface area contributed by atoms with Crippen molar-refractivity contribution >= 4 is 23.3 Å². The number of ketones is 1. The Morgan fingerprint density at radius 1 is 1.00 bits per heavy atom. The SMILES string of the molecule is COc1cc(CC(=O)N2C[C@H](F)C[C@H]2C(=O)Cc2cccc(-c3ccccc3Cl)c2F)cc(-c2cnc(C)nc2)c1. The largest absolute Gasteiger partial charge is 0.497 e. The van der Waals surface area contributed by atoms with Gasteiger partial charge in [-0.2, -0.15) is 0 Å². The Bertz CT molecular complexity index is 1600. The molecule has 4 aromatic rings. The summed E-state index contributed by atoms with van der Waals surface area (Å²) in [4.78, 5) is 36.5. The molecule has 1 aromatic heterocycles. The maximum atomic E-state index is 15.5. The summed E-state index contributed by atoms with van der Waals surface area (Å²) >= 11 is 6.27. The summed E-state index contributed by atoms with van der Waals surface area (Å²) < 4.78 is 35.5. The van der Waals surface area contributed by atoms with Gasteiger partial charge in [0, 0.05) is 46.9 Å². The molecule has 5 rings (SSSR count). The second kappa shape index (κ2) is 12.1. The highest BCUT2D eigenvalue weighted by Gasteiger charge is 2.39. The standard InChI is InChI=1S/C32H28ClF2N3O3/c1-19-36-16-23(17-37-19)22-10-20(11-25(13-22)41-2)12-31(40)38-18-24(34)15-29(38)30(39)14-21-6-5-8-27(32(21)35)26-7-3-4-9-28(26)33/h3-11,13,16-17,24,29H,12,14-15,18H2,1-2H3/t24-,29+/m1/s1. The number of benzene rings is 3. The van der Waals surface area contributed by atoms with Crippen LogP contribution in [-0.2, 0) is 22.4 Å². The zero-order valence-corrected chi connectivity index (χ0v) is 23.4. The summed E-state index contributed by atoms with van der Waals surface area (Å²) in [5, 5.41) is 0.387. The van der Waals surface area contributed by atoms with E-state index in [1.807, 2.05) is 12.1 Å². The van der Waals surface area contributed by atoms with E-state index < -0.39 is 29.7 Å². The van der Waals surface area contributed by atoms with Crippen molar-refractivity contribution in [2.45, 2.75) is 38.4 Å². The van der Waals surface area contributed by atoms with Gasteiger partial charge in [0.15, 0.2) is 5.78 Å². The van der Waals surface area contributed by atoms with E-state index in [-0.39, 0.29) is 36.9 Å². The number of amides is 1. The van der Waals surface area contributed by atoms with E-state index in [0.29, 0.717) is 27.7 Å². The van der Waals surface area contributed by atoms with Gasteiger partial charge in [-0.3, -0.25) is 9.59 Å². The molecule has 1 amide bonds. The molecule has 0 N–H and O–H groups in total. The highest BCUT2D eigenvalue weighted by atomic mass is 35.5. The first kappa shape index (κ1) is 28.4. The third-order valence-electron chi connectivity index (χ3n) is 7.22. The zero-order chi connectivity index (χ0) is 29.1. The lowest BCUT2D eigenvalue weighted by Gasteiger charge is -2.24. The number of methoxy groups -OCH3 is 1. The first-order valence-corrected chi connectivity index (χ1v) is 13.6. The van der Waals surface area contributed by atoms with Gasteiger partial charge < -0.3 is 9.64 Å². The van der Waals surface area contributed by atoms with E-state index in [2.05, 4.69) is 9.97 Å². The number of halogens is 3. The lowest BCUT2D eigenvalue weighted by molar-refractivity contribution is -0.136. The molecule has 0 radical (unpaired) electrons. The van der Waals surface area contributed by atoms with Gasteiger partial charge in [0.1, 0.15) is 23.6 Å². The minimum absolute atomic E-state index is 0.0657. The molecule has 41 heavy (non-hydrogen) atoms. The first-order valence-electron chi connectivity index (χ1n) is 13.2. The van der Waals surface area contributed by atoms with Crippen molar-refractivity contribution in [1.82, 2.24) is 14.9 Å². The van der Waals surface area contributed by atoms with Crippen molar-refractivity contribution < 1.29 is 23.1 Å². The van der Waals surface area contributed by atoms with Crippen LogP contribution < -0.4 is 4.74 Å². The van der Waals surface area contributed by atoms with Crippen LogP contribution in [0.1, 0.15) is 23.4 Å². The third-order valence-corrected chi connectivity index (χ3v) is 7.55. The van der Waals surface area contributed by atoms with E-state index in [1.165, 1.54) is 18.1 Å². The molecule has 0 spiro atoms. The number of carbonyl (C=O) groups is 2. The maximum Gasteiger partial charge on any atom is 0.227 e. The predicted molar refractivity (Wildman–Crippen MR) is 153 cm³/mol. The molecule has 210 valence electrons. The number of hydrogen-bond donors (Lipinski definition) is 0. The van der Waals surface area contributed by atoms with Crippen LogP contribution in [0.3, 0.4) is 0 Å². The highest BCUT2D eigenvalue weighted by Crippen LogP contribution is 2.32. The molecule has 9 heteroatoms. The molecule has 1 saturated heterocycles. The number of aromatic nitrogens is 2. The molecule has 0 bridgehead atoms. The molecule has 6 nitrogen and oxygen atoms in total. The summed E-state index contributed by atoms with van der Waals surface area (Å²) in [5.74, 6) is -0.208. The topological polar surface area (TPSA) is 72.4 Å². The van der Waals surface area contributed by atoms with Crippen molar-refractivity contribution in [3.8, 4) is 28.0 Å². The van der Waals surface area contributed by atoms with E-state index in [0.717, 1.165) is 11.1 Å². The van der Waals surface area contributed by atoms with Gasteiger partial charge in [0.05, 0.1) is 26.1 Å². The van der Waals surface area contributed by atoms with Crippen LogP contribution in [0.4, 0.5) is 8.78 Å². The summed E-state index contributed by atoms with van der Waals surface area (Å²) in [6.45, 7) is 1.59. The second-order valence-corrected chi connectivity index (χ2v) is 10.5. The van der Waals surface area contributed by atoms with E-state index in [1.54, 1.807) is 61.8 Å². The van der Waals surface area contributed by atoms with E-state index >= 15 is 4.39 Å². The van der Waals surface area contributed by atoms with Crippen LogP contribution in [0.2, 0.25) is 5.02 Å². The molecule has 0 aliphatic carbocycles. The number of Topliss-reactive ketones (excluding diaryl/α,β-unsaturated/α-hetero) is 1. The fraction of sp³-hybridized carbons (Fsp3) is 0.250. The number of alkyl halides is 1. The Balaban J connectivity index is 1.35. The van der Waals surface area contributed by atoms with Crippen LogP contribution >= 0.6 is 11.6 Å². The zero-order valence-electron chi connectivity index (χ0n) is 22.6. The molecule has 3 aromatic carbocycles. The number of rotatable bonds is 8. The number of hydrogen-bond acceptors (Lipinski definition) is 5. The van der Waals surface area contributed by atoms with Crippen molar-refractivity contribution in [2.75, 3.05) is 13.7 Å². The number of nitrogens with zero attached hydrogens (tertiary/aromatic N) is 3. The average Bonchev–Trinajstić information content (AvgIpc) is 3.37. The molecule has 1 aliphatic rings. The minimum Gasteiger partial charge on any atom is -0.497 e. The molecular weight excluding hydrogens is 548 g/mol. The van der Waals surface area contributed by atoms with Gasteiger partial charge in [-0.25, -0.2) is 18.7 Å². The lowest BCUT2D eigenvalue weighted by Crippen LogP contribution is -2.42. The van der Waals surface area contributed by atoms with Gasteiger partial charge >= 0.3 is 0 Å². The minimum atomic E-state index is -1.35. The highest BCUT2D eigenvalue weighted by molar-refractivity contribution is 6.33. The monoisotopic (exact) mass is 575 g/mol. The molecular formula is C32H28ClF2N3O3. The van der Waals surface area contributed by atoms with Crippen molar-refractivity contribution in [3.63, 3.8) is 0 Å². The second-order valence-electron chi connectivity index (χ2n) is 10.1. The fourth-order valence-corrected chi connectivity index (χ4v) is 5.38. The molecule has 0 unspecified atom stereocenters. The van der Waals surface area contributed by atoms with Crippen LogP contribution in [0.5, 0.6) is 5.75 Å². The normalized spacial score (nSPS) is 16.6. The van der Waals surface area contributed by atoms with Gasteiger partial charge in [0.2, 0.25) is 5.91 Å². The fourth-order valence-electron chi connectivity index (χ4n) is 5.14. The summed E-state index contributed by atoms with van der Waals surface area (Å²) in [6, 6.07) is 16.0. The number of carbonyl (C=O) groups excluding carboxylic acids is 2. The molecule has 2 heterocycles. The van der Waals surface area contributed by atoms with Crippen molar-refractivity contribution in [3.05, 3.63) is 101 Å². The molecule has 2 atom stereocenters. The summed E-state index contributed by atoms with van der Waals surface area (Å²) in [6.07, 6.45) is 1.56. The molecule has 1 fully saturated rings. The summed E-state index contributed by atoms with van der Waals surface area (Å²) in [7, 11) is 1.53. The van der Waals surface area contributed by atoms with Crippen LogP contribution in [-0.4, -0.2) is 52.4 Å². The van der Waals surface area contributed by atoms with Crippen LogP contribution in [0.25, 0.3) is 22.3 Å². The molecule has 1 aliphatic heterocycles. The summed E-state index contributed by atoms with van der Waals surface area (Å²) in [5.41, 5.74) is 3.10. The lowest BCUT2D eigenvalue weighted by atomic mass is 9.96. The average molecular weight is 576 g/mol. The Hall–Kier alpha value is -4.17. The molecule has 0 saturated carbocycles. The van der Waals surface area contributed by atoms with E-state index in [4.69, 9.17) is 16.3 Å². The smallest absolute Gasteiger partial charge is 0.227 e. The van der Waals surface area contributed by atoms with Gasteiger partial charge in [-0.05, 0) is 41.8 Å². The van der Waals surface area contributed by atoms with E-state index in [9.17, 15) is 14.0 Å². The maximum absolute atomic E-state index is 15.5. The number of likely N-dealkylation sites (tertiary alicyclic amines) is 1. The van der Waals surface area contributed by atoms with Gasteiger partial charge in [-0.15, -0.1) is 0 Å². The Labute approximate surface area is 242 Å². The van der Waals surface area contributed by atoms with Crippen molar-refractivity contribution in [2.24, 2.45) is 0 Å². The number of ether oxygens (including phenoxy) is 1. The van der Waals surface area contributed by atoms with Crippen molar-refractivity contribution in [1.29, 1.82) is 0 Å². The van der Waals surface area contributed by atoms with Crippen LogP contribution in [0.15, 0.2) is 73.1 Å². The Morgan fingerprint density at radius 3 is 2.46 bits per heavy atom. The van der Waals surface area contributed by atoms with Crippen LogP contribution in [0, 0.1) is 12.7 Å². The number of aryl methyl sites for hydroxylation is 1. The Kier molecular flexibility index (Phi) is 8.40. The third kappa shape index (κ3) is 6.28. The van der Waals surface area contributed by atoms with Gasteiger partial charge in [-0.1, -0.05) is 54.1 Å².